The zero-order chi connectivity index (χ0) is 9.15. The van der Waals surface area contributed by atoms with Gasteiger partial charge in [0.1, 0.15) is 0 Å². The molecular weight excluding hydrogens is 166 g/mol. The van der Waals surface area contributed by atoms with Crippen molar-refractivity contribution in [3.63, 3.8) is 0 Å². The number of hydrogen-bond donors (Lipinski definition) is 1. The Morgan fingerprint density at radius 1 is 1.23 bits per heavy atom. The van der Waals surface area contributed by atoms with Gasteiger partial charge in [0.25, 0.3) is 0 Å². The first-order valence-corrected chi connectivity index (χ1v) is 5.26. The van der Waals surface area contributed by atoms with Gasteiger partial charge in [0, 0.05) is 26.3 Å². The number of aliphatic hydroxyl groups is 1. The van der Waals surface area contributed by atoms with Crippen LogP contribution < -0.4 is 0 Å². The smallest absolute Gasteiger partial charge is 0.0558 e. The molecule has 0 aromatic carbocycles. The summed E-state index contributed by atoms with van der Waals surface area (Å²) >= 11 is 0. The minimum Gasteiger partial charge on any atom is -0.395 e. The first kappa shape index (κ1) is 9.44. The molecule has 3 nitrogen and oxygen atoms in total. The topological polar surface area (TPSA) is 32.7 Å². The first-order valence-electron chi connectivity index (χ1n) is 5.26. The Balaban J connectivity index is 1.87. The summed E-state index contributed by atoms with van der Waals surface area (Å²) in [5.41, 5.74) is 0.535. The third kappa shape index (κ3) is 2.03. The summed E-state index contributed by atoms with van der Waals surface area (Å²) in [6.07, 6.45) is 3.74. The van der Waals surface area contributed by atoms with Crippen LogP contribution in [0.5, 0.6) is 0 Å². The van der Waals surface area contributed by atoms with E-state index in [0.717, 1.165) is 19.8 Å². The monoisotopic (exact) mass is 185 g/mol. The van der Waals surface area contributed by atoms with Gasteiger partial charge < -0.3 is 14.7 Å². The van der Waals surface area contributed by atoms with Crippen LogP contribution in [0.2, 0.25) is 0 Å². The summed E-state index contributed by atoms with van der Waals surface area (Å²) in [6.45, 7) is 5.37. The lowest BCUT2D eigenvalue weighted by molar-refractivity contribution is 0.0187. The van der Waals surface area contributed by atoms with E-state index in [1.807, 2.05) is 0 Å². The maximum atomic E-state index is 8.85. The highest BCUT2D eigenvalue weighted by molar-refractivity contribution is 4.91. The second-order valence-electron chi connectivity index (χ2n) is 4.36. The third-order valence-electron chi connectivity index (χ3n) is 3.49. The summed E-state index contributed by atoms with van der Waals surface area (Å²) in [5.74, 6) is 0. The molecule has 2 heterocycles. The van der Waals surface area contributed by atoms with Crippen LogP contribution in [0.4, 0.5) is 0 Å². The Labute approximate surface area is 79.7 Å². The second-order valence-corrected chi connectivity index (χ2v) is 4.36. The van der Waals surface area contributed by atoms with Gasteiger partial charge in [0.2, 0.25) is 0 Å². The van der Waals surface area contributed by atoms with Crippen LogP contribution in [0.15, 0.2) is 0 Å². The molecule has 0 aromatic heterocycles. The fourth-order valence-corrected chi connectivity index (χ4v) is 2.57. The van der Waals surface area contributed by atoms with Gasteiger partial charge in [-0.25, -0.2) is 0 Å². The maximum absolute atomic E-state index is 8.85. The highest BCUT2D eigenvalue weighted by atomic mass is 16.5. The van der Waals surface area contributed by atoms with Crippen molar-refractivity contribution in [3.8, 4) is 0 Å². The molecule has 2 fully saturated rings. The van der Waals surface area contributed by atoms with Gasteiger partial charge in [-0.3, -0.25) is 0 Å². The molecule has 0 unspecified atom stereocenters. The highest BCUT2D eigenvalue weighted by Gasteiger charge is 2.38. The van der Waals surface area contributed by atoms with Crippen LogP contribution in [0.3, 0.4) is 0 Å². The molecule has 0 atom stereocenters. The molecule has 2 saturated heterocycles. The molecule has 1 spiro atoms. The minimum absolute atomic E-state index is 0.298. The van der Waals surface area contributed by atoms with Crippen molar-refractivity contribution in [2.45, 2.75) is 19.3 Å². The lowest BCUT2D eigenvalue weighted by atomic mass is 9.80. The molecule has 0 bridgehead atoms. The van der Waals surface area contributed by atoms with Gasteiger partial charge in [-0.1, -0.05) is 0 Å². The summed E-state index contributed by atoms with van der Waals surface area (Å²) < 4.78 is 5.38. The molecule has 76 valence electrons. The van der Waals surface area contributed by atoms with Gasteiger partial charge >= 0.3 is 0 Å². The average molecular weight is 185 g/mol. The maximum Gasteiger partial charge on any atom is 0.0558 e. The van der Waals surface area contributed by atoms with Crippen molar-refractivity contribution in [1.29, 1.82) is 0 Å². The lowest BCUT2D eigenvalue weighted by Gasteiger charge is -2.33. The Morgan fingerprint density at radius 3 is 2.69 bits per heavy atom. The Bertz CT molecular complexity index is 166. The number of ether oxygens (including phenoxy) is 1. The molecule has 0 amide bonds. The molecule has 2 aliphatic rings. The van der Waals surface area contributed by atoms with E-state index in [1.165, 1.54) is 32.4 Å². The van der Waals surface area contributed by atoms with Crippen molar-refractivity contribution in [2.75, 3.05) is 39.5 Å². The molecule has 0 aliphatic carbocycles. The van der Waals surface area contributed by atoms with Gasteiger partial charge in [-0.2, -0.15) is 0 Å². The van der Waals surface area contributed by atoms with Crippen LogP contribution in [0.25, 0.3) is 0 Å². The number of likely N-dealkylation sites (tertiary alicyclic amines) is 1. The fourth-order valence-electron chi connectivity index (χ4n) is 2.57. The van der Waals surface area contributed by atoms with Gasteiger partial charge in [0.05, 0.1) is 6.61 Å². The predicted molar refractivity (Wildman–Crippen MR) is 50.6 cm³/mol. The van der Waals surface area contributed by atoms with Crippen LogP contribution in [-0.2, 0) is 4.74 Å². The lowest BCUT2D eigenvalue weighted by Crippen LogP contribution is -2.33. The van der Waals surface area contributed by atoms with Crippen molar-refractivity contribution in [1.82, 2.24) is 4.90 Å². The predicted octanol–water partition coefficient (Wildman–Crippen LogP) is 0.481. The standard InChI is InChI=1S/C10H19NO2/c12-6-5-11-4-1-10(9-11)2-7-13-8-3-10/h12H,1-9H2. The zero-order valence-corrected chi connectivity index (χ0v) is 8.17. The van der Waals surface area contributed by atoms with Gasteiger partial charge in [-0.05, 0) is 31.2 Å². The van der Waals surface area contributed by atoms with Gasteiger partial charge in [0.15, 0.2) is 0 Å². The summed E-state index contributed by atoms with van der Waals surface area (Å²) in [6, 6.07) is 0. The van der Waals surface area contributed by atoms with Crippen molar-refractivity contribution < 1.29 is 9.84 Å². The Hall–Kier alpha value is -0.120. The highest BCUT2D eigenvalue weighted by Crippen LogP contribution is 2.39. The molecule has 2 aliphatic heterocycles. The number of nitrogens with zero attached hydrogens (tertiary/aromatic N) is 1. The number of β-amino-alcohol motifs (C(OH)–C–C–N with tert-alkyl or cyclic N) is 1. The van der Waals surface area contributed by atoms with Gasteiger partial charge in [-0.15, -0.1) is 0 Å². The third-order valence-corrected chi connectivity index (χ3v) is 3.49. The Kier molecular flexibility index (Phi) is 2.86. The molecule has 1 N–H and O–H groups in total. The summed E-state index contributed by atoms with van der Waals surface area (Å²) in [7, 11) is 0. The van der Waals surface area contributed by atoms with Crippen LogP contribution >= 0.6 is 0 Å². The SMILES string of the molecule is OCCN1CCC2(CCOCC2)C1. The van der Waals surface area contributed by atoms with E-state index in [1.54, 1.807) is 0 Å². The van der Waals surface area contributed by atoms with E-state index >= 15 is 0 Å². The quantitative estimate of drug-likeness (QED) is 0.679. The fraction of sp³-hybridized carbons (Fsp3) is 1.00. The molecule has 2 rings (SSSR count). The summed E-state index contributed by atoms with van der Waals surface area (Å²) in [4.78, 5) is 2.38. The van der Waals surface area contributed by atoms with E-state index in [9.17, 15) is 0 Å². The van der Waals surface area contributed by atoms with Crippen molar-refractivity contribution in [3.05, 3.63) is 0 Å². The summed E-state index contributed by atoms with van der Waals surface area (Å²) in [5, 5.41) is 8.85. The number of aliphatic hydroxyl groups excluding tert-OH is 1. The molecular formula is C10H19NO2. The van der Waals surface area contributed by atoms with E-state index in [4.69, 9.17) is 9.84 Å². The van der Waals surface area contributed by atoms with Crippen molar-refractivity contribution >= 4 is 0 Å². The largest absolute Gasteiger partial charge is 0.395 e. The van der Waals surface area contributed by atoms with E-state index in [0.29, 0.717) is 12.0 Å². The number of rotatable bonds is 2. The van der Waals surface area contributed by atoms with Crippen LogP contribution in [0.1, 0.15) is 19.3 Å². The van der Waals surface area contributed by atoms with E-state index in [2.05, 4.69) is 4.90 Å². The average Bonchev–Trinajstić information content (AvgIpc) is 2.51. The van der Waals surface area contributed by atoms with E-state index < -0.39 is 0 Å². The molecule has 0 saturated carbocycles. The molecule has 13 heavy (non-hydrogen) atoms. The first-order chi connectivity index (χ1) is 6.35. The molecule has 0 radical (unpaired) electrons. The van der Waals surface area contributed by atoms with Crippen molar-refractivity contribution in [2.24, 2.45) is 5.41 Å². The molecule has 3 heteroatoms. The minimum atomic E-state index is 0.298. The van der Waals surface area contributed by atoms with Crippen LogP contribution in [0, 0.1) is 5.41 Å². The zero-order valence-electron chi connectivity index (χ0n) is 8.17. The van der Waals surface area contributed by atoms with Crippen LogP contribution in [-0.4, -0.2) is 49.5 Å². The normalized spacial score (nSPS) is 28.4. The second kappa shape index (κ2) is 3.95. The number of hydrogen-bond acceptors (Lipinski definition) is 3. The van der Waals surface area contributed by atoms with E-state index in [-0.39, 0.29) is 0 Å². The Morgan fingerprint density at radius 2 is 2.00 bits per heavy atom. The molecule has 0 aromatic rings.